The molecule has 1 unspecified atom stereocenters. The molecule has 1 aromatic rings. The molecule has 0 heterocycles. The van der Waals surface area contributed by atoms with Crippen LogP contribution in [0.5, 0.6) is 0 Å². The smallest absolute Gasteiger partial charge is 0.0590 e. The van der Waals surface area contributed by atoms with Gasteiger partial charge in [-0.3, -0.25) is 0 Å². The van der Waals surface area contributed by atoms with Crippen LogP contribution in [-0.4, -0.2) is 19.8 Å². The Kier molecular flexibility index (Phi) is 5.66. The molecule has 1 aromatic carbocycles. The van der Waals surface area contributed by atoms with E-state index in [2.05, 4.69) is 45.1 Å². The maximum Gasteiger partial charge on any atom is 0.0590 e. The van der Waals surface area contributed by atoms with Gasteiger partial charge in [0.15, 0.2) is 0 Å². The minimum atomic E-state index is 0.385. The molecule has 0 spiro atoms. The lowest BCUT2D eigenvalue weighted by Crippen LogP contribution is -2.24. The van der Waals surface area contributed by atoms with Gasteiger partial charge in [0.05, 0.1) is 6.61 Å². The second-order valence-corrected chi connectivity index (χ2v) is 4.69. The molecule has 1 rings (SSSR count). The fourth-order valence-electron chi connectivity index (χ4n) is 2.47. The Hall–Kier alpha value is -0.860. The predicted molar refractivity (Wildman–Crippen MR) is 73.6 cm³/mol. The van der Waals surface area contributed by atoms with Gasteiger partial charge in [0.2, 0.25) is 0 Å². The minimum absolute atomic E-state index is 0.385. The third kappa shape index (κ3) is 4.14. The van der Waals surface area contributed by atoms with Crippen molar-refractivity contribution in [1.82, 2.24) is 5.32 Å². The van der Waals surface area contributed by atoms with E-state index in [0.29, 0.717) is 6.04 Å². The highest BCUT2D eigenvalue weighted by molar-refractivity contribution is 5.39. The van der Waals surface area contributed by atoms with Gasteiger partial charge in [-0.15, -0.1) is 0 Å². The van der Waals surface area contributed by atoms with Crippen LogP contribution in [-0.2, 0) is 4.74 Å². The van der Waals surface area contributed by atoms with Gasteiger partial charge in [0.1, 0.15) is 0 Å². The highest BCUT2D eigenvalue weighted by Gasteiger charge is 2.10. The fraction of sp³-hybridized carbons (Fsp3) is 0.600. The molecule has 1 atom stereocenters. The number of nitrogens with one attached hydrogen (secondary N) is 1. The largest absolute Gasteiger partial charge is 0.380 e. The van der Waals surface area contributed by atoms with Crippen LogP contribution in [0.4, 0.5) is 0 Å². The first-order chi connectivity index (χ1) is 8.06. The van der Waals surface area contributed by atoms with E-state index < -0.39 is 0 Å². The second-order valence-electron chi connectivity index (χ2n) is 4.69. The Morgan fingerprint density at radius 3 is 2.29 bits per heavy atom. The van der Waals surface area contributed by atoms with E-state index in [4.69, 9.17) is 4.74 Å². The molecule has 0 saturated heterocycles. The summed E-state index contributed by atoms with van der Waals surface area (Å²) in [4.78, 5) is 0. The van der Waals surface area contributed by atoms with Crippen molar-refractivity contribution in [1.29, 1.82) is 0 Å². The van der Waals surface area contributed by atoms with Crippen molar-refractivity contribution in [3.63, 3.8) is 0 Å². The highest BCUT2D eigenvalue weighted by atomic mass is 16.5. The van der Waals surface area contributed by atoms with Crippen molar-refractivity contribution < 1.29 is 4.74 Å². The van der Waals surface area contributed by atoms with Gasteiger partial charge in [-0.1, -0.05) is 17.7 Å². The van der Waals surface area contributed by atoms with Crippen molar-refractivity contribution in [2.75, 3.05) is 19.8 Å². The van der Waals surface area contributed by atoms with Crippen molar-refractivity contribution >= 4 is 0 Å². The van der Waals surface area contributed by atoms with Crippen molar-refractivity contribution in [2.45, 2.75) is 40.7 Å². The Morgan fingerprint density at radius 1 is 1.18 bits per heavy atom. The third-order valence-electron chi connectivity index (χ3n) is 3.07. The zero-order valence-electron chi connectivity index (χ0n) is 11.8. The van der Waals surface area contributed by atoms with E-state index in [1.165, 1.54) is 22.3 Å². The summed E-state index contributed by atoms with van der Waals surface area (Å²) >= 11 is 0. The standard InChI is InChI=1S/C15H25NO/c1-6-17-8-7-16-14(5)15-12(3)9-11(2)10-13(15)4/h9-10,14,16H,6-8H2,1-5H3. The van der Waals surface area contributed by atoms with Gasteiger partial charge < -0.3 is 10.1 Å². The summed E-state index contributed by atoms with van der Waals surface area (Å²) in [7, 11) is 0. The van der Waals surface area contributed by atoms with Crippen LogP contribution in [0.3, 0.4) is 0 Å². The fourth-order valence-corrected chi connectivity index (χ4v) is 2.47. The van der Waals surface area contributed by atoms with Crippen LogP contribution in [0.2, 0.25) is 0 Å². The van der Waals surface area contributed by atoms with Gasteiger partial charge in [-0.2, -0.15) is 0 Å². The number of benzene rings is 1. The summed E-state index contributed by atoms with van der Waals surface area (Å²) in [6, 6.07) is 4.89. The Labute approximate surface area is 105 Å². The van der Waals surface area contributed by atoms with Crippen LogP contribution < -0.4 is 5.32 Å². The molecule has 0 aliphatic rings. The maximum atomic E-state index is 5.34. The van der Waals surface area contributed by atoms with Crippen LogP contribution in [0.15, 0.2) is 12.1 Å². The predicted octanol–water partition coefficient (Wildman–Crippen LogP) is 3.30. The average Bonchev–Trinajstić information content (AvgIpc) is 2.23. The van der Waals surface area contributed by atoms with E-state index in [1.54, 1.807) is 0 Å². The molecule has 0 radical (unpaired) electrons. The Balaban J connectivity index is 2.65. The number of ether oxygens (including phenoxy) is 1. The molecule has 17 heavy (non-hydrogen) atoms. The average molecular weight is 235 g/mol. The number of hydrogen-bond acceptors (Lipinski definition) is 2. The lowest BCUT2D eigenvalue weighted by molar-refractivity contribution is 0.147. The monoisotopic (exact) mass is 235 g/mol. The summed E-state index contributed by atoms with van der Waals surface area (Å²) in [5.41, 5.74) is 5.51. The number of aryl methyl sites for hydroxylation is 3. The molecule has 0 aromatic heterocycles. The zero-order valence-corrected chi connectivity index (χ0v) is 11.8. The van der Waals surface area contributed by atoms with Crippen LogP contribution in [0.1, 0.15) is 42.1 Å². The molecule has 0 aliphatic heterocycles. The molecule has 0 bridgehead atoms. The molecular weight excluding hydrogens is 210 g/mol. The third-order valence-corrected chi connectivity index (χ3v) is 3.07. The van der Waals surface area contributed by atoms with Crippen LogP contribution in [0.25, 0.3) is 0 Å². The first-order valence-corrected chi connectivity index (χ1v) is 6.45. The summed E-state index contributed by atoms with van der Waals surface area (Å²) in [6.45, 7) is 13.3. The molecule has 2 nitrogen and oxygen atoms in total. The zero-order chi connectivity index (χ0) is 12.8. The summed E-state index contributed by atoms with van der Waals surface area (Å²) in [5.74, 6) is 0. The summed E-state index contributed by atoms with van der Waals surface area (Å²) in [5, 5.41) is 3.51. The van der Waals surface area contributed by atoms with Gasteiger partial charge in [-0.05, 0) is 51.3 Å². The Morgan fingerprint density at radius 2 is 1.76 bits per heavy atom. The molecule has 1 N–H and O–H groups in total. The van der Waals surface area contributed by atoms with E-state index in [0.717, 1.165) is 19.8 Å². The van der Waals surface area contributed by atoms with Gasteiger partial charge in [0, 0.05) is 19.2 Å². The van der Waals surface area contributed by atoms with Gasteiger partial charge >= 0.3 is 0 Å². The van der Waals surface area contributed by atoms with Crippen LogP contribution >= 0.6 is 0 Å². The molecular formula is C15H25NO. The second kappa shape index (κ2) is 6.77. The first kappa shape index (κ1) is 14.2. The quantitative estimate of drug-likeness (QED) is 0.764. The van der Waals surface area contributed by atoms with Gasteiger partial charge in [0.25, 0.3) is 0 Å². The summed E-state index contributed by atoms with van der Waals surface area (Å²) in [6.07, 6.45) is 0. The van der Waals surface area contributed by atoms with Crippen molar-refractivity contribution in [3.8, 4) is 0 Å². The van der Waals surface area contributed by atoms with E-state index >= 15 is 0 Å². The Bertz CT molecular complexity index is 337. The maximum absolute atomic E-state index is 5.34. The number of hydrogen-bond donors (Lipinski definition) is 1. The van der Waals surface area contributed by atoms with E-state index in [1.807, 2.05) is 6.92 Å². The van der Waals surface area contributed by atoms with Crippen LogP contribution in [0, 0.1) is 20.8 Å². The molecule has 0 amide bonds. The molecule has 0 saturated carbocycles. The van der Waals surface area contributed by atoms with Crippen molar-refractivity contribution in [2.24, 2.45) is 0 Å². The molecule has 0 fully saturated rings. The lowest BCUT2D eigenvalue weighted by atomic mass is 9.95. The highest BCUT2D eigenvalue weighted by Crippen LogP contribution is 2.22. The molecule has 0 aliphatic carbocycles. The van der Waals surface area contributed by atoms with Gasteiger partial charge in [-0.25, -0.2) is 0 Å². The topological polar surface area (TPSA) is 21.3 Å². The normalized spacial score (nSPS) is 12.8. The van der Waals surface area contributed by atoms with E-state index in [-0.39, 0.29) is 0 Å². The molecule has 96 valence electrons. The SMILES string of the molecule is CCOCCNC(C)c1c(C)cc(C)cc1C. The molecule has 2 heteroatoms. The van der Waals surface area contributed by atoms with Crippen molar-refractivity contribution in [3.05, 3.63) is 34.4 Å². The van der Waals surface area contributed by atoms with E-state index in [9.17, 15) is 0 Å². The number of rotatable bonds is 6. The lowest BCUT2D eigenvalue weighted by Gasteiger charge is -2.19. The summed E-state index contributed by atoms with van der Waals surface area (Å²) < 4.78 is 5.34. The first-order valence-electron chi connectivity index (χ1n) is 6.45. The minimum Gasteiger partial charge on any atom is -0.380 e.